The van der Waals surface area contributed by atoms with Crippen LogP contribution in [0.25, 0.3) is 0 Å². The topological polar surface area (TPSA) is 67.4 Å². The lowest BCUT2D eigenvalue weighted by molar-refractivity contribution is -0.137. The second-order valence-corrected chi connectivity index (χ2v) is 6.45. The van der Waals surface area contributed by atoms with Crippen molar-refractivity contribution in [3.05, 3.63) is 29.8 Å². The van der Waals surface area contributed by atoms with E-state index in [0.717, 1.165) is 24.3 Å². The van der Waals surface area contributed by atoms with Crippen LogP contribution in [0.3, 0.4) is 0 Å². The average molecular weight is 322 g/mol. The van der Waals surface area contributed by atoms with Crippen LogP contribution >= 0.6 is 11.8 Å². The molecule has 0 bridgehead atoms. The predicted molar refractivity (Wildman–Crippen MR) is 88.8 cm³/mol. The largest absolute Gasteiger partial charge is 0.468 e. The number of benzene rings is 1. The third-order valence-electron chi connectivity index (χ3n) is 3.84. The van der Waals surface area contributed by atoms with Crippen molar-refractivity contribution >= 4 is 29.3 Å². The highest BCUT2D eigenvalue weighted by molar-refractivity contribution is 7.99. The van der Waals surface area contributed by atoms with E-state index in [1.807, 2.05) is 31.2 Å². The molecule has 1 fully saturated rings. The van der Waals surface area contributed by atoms with Crippen molar-refractivity contribution in [2.24, 2.45) is 11.8 Å². The van der Waals surface area contributed by atoms with Gasteiger partial charge in [0, 0.05) is 17.4 Å². The molecule has 22 heavy (non-hydrogen) atoms. The minimum atomic E-state index is -0.225. The first-order valence-electron chi connectivity index (χ1n) is 7.35. The number of esters is 1. The zero-order chi connectivity index (χ0) is 15.9. The molecule has 1 aliphatic heterocycles. The van der Waals surface area contributed by atoms with Crippen molar-refractivity contribution in [3.8, 4) is 0 Å². The summed E-state index contributed by atoms with van der Waals surface area (Å²) in [5.74, 6) is 1.32. The standard InChI is InChI=1S/C16H22N2O3S/c1-11(13-7-17-8-13)16(20)18-14-5-3-4-12(6-14)9-22-10-15(19)21-2/h3-6,11,13,17H,7-10H2,1-2H3,(H,18,20). The number of carbonyl (C=O) groups excluding carboxylic acids is 2. The minimum absolute atomic E-state index is 0.0126. The van der Waals surface area contributed by atoms with Gasteiger partial charge in [0.15, 0.2) is 0 Å². The molecule has 2 rings (SSSR count). The molecule has 1 amide bonds. The molecule has 6 heteroatoms. The first-order valence-corrected chi connectivity index (χ1v) is 8.50. The fraction of sp³-hybridized carbons (Fsp3) is 0.500. The molecule has 120 valence electrons. The van der Waals surface area contributed by atoms with Crippen molar-refractivity contribution < 1.29 is 14.3 Å². The van der Waals surface area contributed by atoms with E-state index in [1.54, 1.807) is 0 Å². The summed E-state index contributed by atoms with van der Waals surface area (Å²) in [6.07, 6.45) is 0. The summed E-state index contributed by atoms with van der Waals surface area (Å²) in [5, 5.41) is 6.16. The van der Waals surface area contributed by atoms with Gasteiger partial charge in [0.1, 0.15) is 0 Å². The summed E-state index contributed by atoms with van der Waals surface area (Å²) >= 11 is 1.50. The molecule has 1 atom stereocenters. The van der Waals surface area contributed by atoms with E-state index < -0.39 is 0 Å². The Bertz CT molecular complexity index is 532. The maximum Gasteiger partial charge on any atom is 0.315 e. The Morgan fingerprint density at radius 2 is 2.23 bits per heavy atom. The summed E-state index contributed by atoms with van der Waals surface area (Å²) in [4.78, 5) is 23.3. The number of carbonyl (C=O) groups is 2. The SMILES string of the molecule is COC(=O)CSCc1cccc(NC(=O)C(C)C2CNC2)c1. The van der Waals surface area contributed by atoms with E-state index in [-0.39, 0.29) is 17.8 Å². The van der Waals surface area contributed by atoms with E-state index >= 15 is 0 Å². The van der Waals surface area contributed by atoms with Gasteiger partial charge in [-0.3, -0.25) is 9.59 Å². The number of methoxy groups -OCH3 is 1. The molecule has 5 nitrogen and oxygen atoms in total. The van der Waals surface area contributed by atoms with Gasteiger partial charge in [-0.25, -0.2) is 0 Å². The highest BCUT2D eigenvalue weighted by Crippen LogP contribution is 2.20. The van der Waals surface area contributed by atoms with Crippen molar-refractivity contribution in [2.45, 2.75) is 12.7 Å². The highest BCUT2D eigenvalue weighted by atomic mass is 32.2. The van der Waals surface area contributed by atoms with Gasteiger partial charge in [-0.2, -0.15) is 0 Å². The molecule has 1 aromatic carbocycles. The lowest BCUT2D eigenvalue weighted by Crippen LogP contribution is -2.48. The number of ether oxygens (including phenoxy) is 1. The fourth-order valence-corrected chi connectivity index (χ4v) is 2.99. The van der Waals surface area contributed by atoms with Gasteiger partial charge in [0.05, 0.1) is 12.9 Å². The molecule has 0 aromatic heterocycles. The number of anilines is 1. The van der Waals surface area contributed by atoms with E-state index in [1.165, 1.54) is 18.9 Å². The molecule has 0 aliphatic carbocycles. The van der Waals surface area contributed by atoms with Crippen LogP contribution in [-0.4, -0.2) is 37.8 Å². The van der Waals surface area contributed by atoms with Crippen molar-refractivity contribution in [1.82, 2.24) is 5.32 Å². The predicted octanol–water partition coefficient (Wildman–Crippen LogP) is 1.89. The highest BCUT2D eigenvalue weighted by Gasteiger charge is 2.28. The molecule has 1 heterocycles. The molecular weight excluding hydrogens is 300 g/mol. The quantitative estimate of drug-likeness (QED) is 0.750. The van der Waals surface area contributed by atoms with Gasteiger partial charge < -0.3 is 15.4 Å². The van der Waals surface area contributed by atoms with Crippen LogP contribution in [0.15, 0.2) is 24.3 Å². The summed E-state index contributed by atoms with van der Waals surface area (Å²) in [6, 6.07) is 7.74. The number of hydrogen-bond acceptors (Lipinski definition) is 5. The van der Waals surface area contributed by atoms with E-state index in [0.29, 0.717) is 17.4 Å². The summed E-state index contributed by atoms with van der Waals surface area (Å²) < 4.78 is 4.61. The van der Waals surface area contributed by atoms with E-state index in [9.17, 15) is 9.59 Å². The molecule has 0 radical (unpaired) electrons. The van der Waals surface area contributed by atoms with Gasteiger partial charge in [-0.05, 0) is 36.7 Å². The first-order chi connectivity index (χ1) is 10.6. The third kappa shape index (κ3) is 4.74. The zero-order valence-corrected chi connectivity index (χ0v) is 13.7. The Balaban J connectivity index is 1.85. The molecule has 0 spiro atoms. The molecule has 1 aliphatic rings. The molecule has 1 saturated heterocycles. The second kappa shape index (κ2) is 8.19. The Morgan fingerprint density at radius 1 is 1.45 bits per heavy atom. The van der Waals surface area contributed by atoms with Crippen LogP contribution in [0.4, 0.5) is 5.69 Å². The van der Waals surface area contributed by atoms with Gasteiger partial charge in [0.2, 0.25) is 5.91 Å². The number of amides is 1. The van der Waals surface area contributed by atoms with Crippen LogP contribution < -0.4 is 10.6 Å². The van der Waals surface area contributed by atoms with E-state index in [2.05, 4.69) is 15.4 Å². The van der Waals surface area contributed by atoms with E-state index in [4.69, 9.17) is 0 Å². The number of rotatable bonds is 7. The third-order valence-corrected chi connectivity index (χ3v) is 4.82. The maximum absolute atomic E-state index is 12.2. The Kier molecular flexibility index (Phi) is 6.27. The van der Waals surface area contributed by atoms with Crippen LogP contribution in [0.2, 0.25) is 0 Å². The lowest BCUT2D eigenvalue weighted by Gasteiger charge is -2.31. The Labute approximate surface area is 135 Å². The van der Waals surface area contributed by atoms with Crippen LogP contribution in [0.1, 0.15) is 12.5 Å². The van der Waals surface area contributed by atoms with Crippen molar-refractivity contribution in [2.75, 3.05) is 31.3 Å². The molecule has 2 N–H and O–H groups in total. The number of nitrogens with one attached hydrogen (secondary N) is 2. The Hall–Kier alpha value is -1.53. The maximum atomic E-state index is 12.2. The van der Waals surface area contributed by atoms with Crippen molar-refractivity contribution in [3.63, 3.8) is 0 Å². The van der Waals surface area contributed by atoms with Gasteiger partial charge in [-0.1, -0.05) is 19.1 Å². The molecular formula is C16H22N2O3S. The Morgan fingerprint density at radius 3 is 2.86 bits per heavy atom. The van der Waals surface area contributed by atoms with Gasteiger partial charge in [0.25, 0.3) is 0 Å². The fourth-order valence-electron chi connectivity index (χ4n) is 2.18. The summed E-state index contributed by atoms with van der Waals surface area (Å²) in [5.41, 5.74) is 1.88. The molecule has 1 unspecified atom stereocenters. The molecule has 1 aromatic rings. The van der Waals surface area contributed by atoms with Gasteiger partial charge in [-0.15, -0.1) is 11.8 Å². The monoisotopic (exact) mass is 322 g/mol. The number of hydrogen-bond donors (Lipinski definition) is 2. The average Bonchev–Trinajstić information content (AvgIpc) is 2.45. The summed E-state index contributed by atoms with van der Waals surface area (Å²) in [7, 11) is 1.39. The first kappa shape index (κ1) is 16.8. The zero-order valence-electron chi connectivity index (χ0n) is 12.9. The second-order valence-electron chi connectivity index (χ2n) is 5.47. The normalized spacial score (nSPS) is 15.7. The minimum Gasteiger partial charge on any atom is -0.468 e. The van der Waals surface area contributed by atoms with Crippen LogP contribution in [-0.2, 0) is 20.1 Å². The van der Waals surface area contributed by atoms with Gasteiger partial charge >= 0.3 is 5.97 Å². The van der Waals surface area contributed by atoms with Crippen LogP contribution in [0, 0.1) is 11.8 Å². The van der Waals surface area contributed by atoms with Crippen LogP contribution in [0.5, 0.6) is 0 Å². The molecule has 0 saturated carbocycles. The van der Waals surface area contributed by atoms with Crippen molar-refractivity contribution in [1.29, 1.82) is 0 Å². The lowest BCUT2D eigenvalue weighted by atomic mass is 9.88. The number of thioether (sulfide) groups is 1. The summed E-state index contributed by atoms with van der Waals surface area (Å²) in [6.45, 7) is 3.80. The smallest absolute Gasteiger partial charge is 0.315 e.